The Labute approximate surface area is 140 Å². The van der Waals surface area contributed by atoms with Crippen LogP contribution >= 0.6 is 0 Å². The number of nitriles is 1. The van der Waals surface area contributed by atoms with Crippen LogP contribution in [0.25, 0.3) is 0 Å². The third-order valence-electron chi connectivity index (χ3n) is 3.36. The second-order valence-electron chi connectivity index (χ2n) is 5.02. The fourth-order valence-electron chi connectivity index (χ4n) is 2.12. The first-order valence-corrected chi connectivity index (χ1v) is 8.59. The number of ether oxygens (including phenoxy) is 1. The Hall–Kier alpha value is -2.69. The van der Waals surface area contributed by atoms with E-state index < -0.39 is 22.0 Å². The number of carbonyl (C=O) groups is 1. The van der Waals surface area contributed by atoms with Gasteiger partial charge >= 0.3 is 5.97 Å². The predicted octanol–water partition coefficient (Wildman–Crippen LogP) is 1.62. The maximum atomic E-state index is 12.4. The molecule has 2 aromatic rings. The van der Waals surface area contributed by atoms with E-state index in [1.807, 2.05) is 6.07 Å². The van der Waals surface area contributed by atoms with E-state index >= 15 is 0 Å². The molecule has 0 heterocycles. The largest absolute Gasteiger partial charge is 0.468 e. The maximum Gasteiger partial charge on any atom is 0.324 e. The highest BCUT2D eigenvalue weighted by molar-refractivity contribution is 7.89. The van der Waals surface area contributed by atoms with Crippen LogP contribution in [-0.2, 0) is 26.0 Å². The lowest BCUT2D eigenvalue weighted by Gasteiger charge is -2.17. The van der Waals surface area contributed by atoms with Crippen LogP contribution in [-0.4, -0.2) is 27.5 Å². The standard InChI is InChI=1S/C17H16N2O4S/c1-23-17(20)16(11-13-7-9-14(12-18)10-8-13)19-24(21,22)15-5-3-2-4-6-15/h2-10,16,19H,11H2,1H3/t16-/m0/s1. The fraction of sp³-hybridized carbons (Fsp3) is 0.176. The normalized spacial score (nSPS) is 12.2. The quantitative estimate of drug-likeness (QED) is 0.803. The summed E-state index contributed by atoms with van der Waals surface area (Å²) in [6.45, 7) is 0. The van der Waals surface area contributed by atoms with Crippen LogP contribution < -0.4 is 4.72 Å². The van der Waals surface area contributed by atoms with Crippen molar-refractivity contribution in [3.05, 3.63) is 65.7 Å². The van der Waals surface area contributed by atoms with Crippen LogP contribution in [0, 0.1) is 11.3 Å². The minimum Gasteiger partial charge on any atom is -0.468 e. The summed E-state index contributed by atoms with van der Waals surface area (Å²) in [6.07, 6.45) is 0.116. The Bertz CT molecular complexity index is 840. The number of methoxy groups -OCH3 is 1. The van der Waals surface area contributed by atoms with Crippen molar-refractivity contribution in [2.45, 2.75) is 17.4 Å². The molecule has 6 nitrogen and oxygen atoms in total. The second-order valence-corrected chi connectivity index (χ2v) is 6.74. The first-order valence-electron chi connectivity index (χ1n) is 7.10. The van der Waals surface area contributed by atoms with Gasteiger partial charge in [0.25, 0.3) is 0 Å². The molecule has 0 bridgehead atoms. The zero-order chi connectivity index (χ0) is 17.6. The third kappa shape index (κ3) is 4.41. The predicted molar refractivity (Wildman–Crippen MR) is 87.4 cm³/mol. The molecule has 0 aliphatic heterocycles. The first-order chi connectivity index (χ1) is 11.5. The van der Waals surface area contributed by atoms with E-state index in [-0.39, 0.29) is 11.3 Å². The van der Waals surface area contributed by atoms with Crippen LogP contribution in [0.3, 0.4) is 0 Å². The molecule has 2 rings (SSSR count). The molecule has 1 N–H and O–H groups in total. The number of hydrogen-bond donors (Lipinski definition) is 1. The number of carbonyl (C=O) groups excluding carboxylic acids is 1. The van der Waals surface area contributed by atoms with Gasteiger partial charge in [-0.15, -0.1) is 0 Å². The molecule has 0 aromatic heterocycles. The lowest BCUT2D eigenvalue weighted by Crippen LogP contribution is -2.42. The minimum absolute atomic E-state index is 0.0683. The van der Waals surface area contributed by atoms with Gasteiger partial charge in [0.15, 0.2) is 0 Å². The minimum atomic E-state index is -3.85. The molecular weight excluding hydrogens is 328 g/mol. The molecule has 124 valence electrons. The summed E-state index contributed by atoms with van der Waals surface area (Å²) >= 11 is 0. The number of nitrogens with zero attached hydrogens (tertiary/aromatic N) is 1. The van der Waals surface area contributed by atoms with Gasteiger partial charge in [-0.2, -0.15) is 9.98 Å². The highest BCUT2D eigenvalue weighted by atomic mass is 32.2. The van der Waals surface area contributed by atoms with Crippen LogP contribution in [0.15, 0.2) is 59.5 Å². The molecule has 0 radical (unpaired) electrons. The lowest BCUT2D eigenvalue weighted by molar-refractivity contribution is -0.142. The Morgan fingerprint density at radius 1 is 1.17 bits per heavy atom. The molecule has 2 aromatic carbocycles. The van der Waals surface area contributed by atoms with Crippen LogP contribution in [0.1, 0.15) is 11.1 Å². The number of rotatable bonds is 6. The highest BCUT2D eigenvalue weighted by Crippen LogP contribution is 2.12. The van der Waals surface area contributed by atoms with E-state index in [1.165, 1.54) is 19.2 Å². The van der Waals surface area contributed by atoms with Gasteiger partial charge in [0.1, 0.15) is 6.04 Å². The molecule has 0 aliphatic carbocycles. The van der Waals surface area contributed by atoms with Gasteiger partial charge < -0.3 is 4.74 Å². The first kappa shape index (κ1) is 17.7. The molecule has 0 amide bonds. The van der Waals surface area contributed by atoms with E-state index in [2.05, 4.69) is 4.72 Å². The van der Waals surface area contributed by atoms with Crippen molar-refractivity contribution in [1.82, 2.24) is 4.72 Å². The Kier molecular flexibility index (Phi) is 5.68. The summed E-state index contributed by atoms with van der Waals surface area (Å²) in [6, 6.07) is 15.3. The average molecular weight is 344 g/mol. The monoisotopic (exact) mass is 344 g/mol. The number of sulfonamides is 1. The second kappa shape index (κ2) is 7.73. The summed E-state index contributed by atoms with van der Waals surface area (Å²) in [5, 5.41) is 8.80. The lowest BCUT2D eigenvalue weighted by atomic mass is 10.1. The van der Waals surface area contributed by atoms with Gasteiger partial charge in [-0.25, -0.2) is 8.42 Å². The average Bonchev–Trinajstić information content (AvgIpc) is 2.61. The molecule has 7 heteroatoms. The van der Waals surface area contributed by atoms with Gasteiger partial charge in [-0.1, -0.05) is 30.3 Å². The van der Waals surface area contributed by atoms with Crippen molar-refractivity contribution < 1.29 is 17.9 Å². The summed E-state index contributed by atoms with van der Waals surface area (Å²) in [4.78, 5) is 12.0. The van der Waals surface area contributed by atoms with Gasteiger partial charge in [0.05, 0.1) is 23.6 Å². The Balaban J connectivity index is 2.22. The van der Waals surface area contributed by atoms with Gasteiger partial charge in [0.2, 0.25) is 10.0 Å². The van der Waals surface area contributed by atoms with Crippen molar-refractivity contribution in [3.8, 4) is 6.07 Å². The Morgan fingerprint density at radius 2 is 1.79 bits per heavy atom. The summed E-state index contributed by atoms with van der Waals surface area (Å²) in [5.74, 6) is -0.682. The molecule has 24 heavy (non-hydrogen) atoms. The SMILES string of the molecule is COC(=O)[C@H](Cc1ccc(C#N)cc1)NS(=O)(=O)c1ccccc1. The van der Waals surface area contributed by atoms with Crippen molar-refractivity contribution >= 4 is 16.0 Å². The molecule has 0 saturated carbocycles. The summed E-state index contributed by atoms with van der Waals surface area (Å²) in [5.41, 5.74) is 1.19. The molecular formula is C17H16N2O4S. The van der Waals surface area contributed by atoms with Gasteiger partial charge in [0, 0.05) is 0 Å². The fourth-order valence-corrected chi connectivity index (χ4v) is 3.33. The van der Waals surface area contributed by atoms with Crippen molar-refractivity contribution in [1.29, 1.82) is 5.26 Å². The highest BCUT2D eigenvalue weighted by Gasteiger charge is 2.26. The number of nitrogens with one attached hydrogen (secondary N) is 1. The van der Waals surface area contributed by atoms with Crippen molar-refractivity contribution in [3.63, 3.8) is 0 Å². The third-order valence-corrected chi connectivity index (χ3v) is 4.85. The summed E-state index contributed by atoms with van der Waals surface area (Å²) < 4.78 is 31.8. The smallest absolute Gasteiger partial charge is 0.324 e. The van der Waals surface area contributed by atoms with Crippen LogP contribution in [0.2, 0.25) is 0 Å². The number of hydrogen-bond acceptors (Lipinski definition) is 5. The van der Waals surface area contributed by atoms with E-state index in [9.17, 15) is 13.2 Å². The van der Waals surface area contributed by atoms with E-state index in [0.29, 0.717) is 11.1 Å². The number of benzene rings is 2. The van der Waals surface area contributed by atoms with E-state index in [4.69, 9.17) is 10.00 Å². The van der Waals surface area contributed by atoms with E-state index in [0.717, 1.165) is 0 Å². The molecule has 0 spiro atoms. The van der Waals surface area contributed by atoms with Crippen molar-refractivity contribution in [2.24, 2.45) is 0 Å². The van der Waals surface area contributed by atoms with Gasteiger partial charge in [-0.05, 0) is 36.2 Å². The maximum absolute atomic E-state index is 12.4. The molecule has 0 aliphatic rings. The number of esters is 1. The Morgan fingerprint density at radius 3 is 2.33 bits per heavy atom. The zero-order valence-corrected chi connectivity index (χ0v) is 13.8. The van der Waals surface area contributed by atoms with Crippen molar-refractivity contribution in [2.75, 3.05) is 7.11 Å². The van der Waals surface area contributed by atoms with Crippen LogP contribution in [0.4, 0.5) is 0 Å². The van der Waals surface area contributed by atoms with E-state index in [1.54, 1.807) is 42.5 Å². The molecule has 1 atom stereocenters. The molecule has 0 saturated heterocycles. The van der Waals surface area contributed by atoms with Crippen LogP contribution in [0.5, 0.6) is 0 Å². The molecule has 0 fully saturated rings. The zero-order valence-electron chi connectivity index (χ0n) is 13.0. The summed E-state index contributed by atoms with van der Waals surface area (Å²) in [7, 11) is -2.65. The topological polar surface area (TPSA) is 96.3 Å². The molecule has 0 unspecified atom stereocenters. The van der Waals surface area contributed by atoms with Gasteiger partial charge in [-0.3, -0.25) is 4.79 Å².